The van der Waals surface area contributed by atoms with Crippen LogP contribution in [0.3, 0.4) is 0 Å². The normalized spacial score (nSPS) is 11.9. The molecule has 3 aromatic heterocycles. The third kappa shape index (κ3) is 5.45. The first-order valence-electron chi connectivity index (χ1n) is 20.9. The minimum atomic E-state index is 0.555. The molecule has 0 aliphatic rings. The molecule has 0 atom stereocenters. The van der Waals surface area contributed by atoms with Crippen LogP contribution in [-0.2, 0) is 0 Å². The molecule has 0 saturated carbocycles. The van der Waals surface area contributed by atoms with Gasteiger partial charge in [-0.2, -0.15) is 0 Å². The van der Waals surface area contributed by atoms with Gasteiger partial charge in [-0.05, 0) is 92.0 Å². The van der Waals surface area contributed by atoms with Crippen molar-refractivity contribution >= 4 is 76.1 Å². The van der Waals surface area contributed by atoms with Gasteiger partial charge in [0.2, 0.25) is 0 Å². The highest BCUT2D eigenvalue weighted by molar-refractivity contribution is 6.18. The lowest BCUT2D eigenvalue weighted by atomic mass is 10.0. The Balaban J connectivity index is 1.13. The summed E-state index contributed by atoms with van der Waals surface area (Å²) in [6.45, 7) is 0. The fraction of sp³-hybridized carbons (Fsp3) is 0. The van der Waals surface area contributed by atoms with Gasteiger partial charge in [0.1, 0.15) is 11.3 Å². The summed E-state index contributed by atoms with van der Waals surface area (Å²) in [7, 11) is 0. The third-order valence-electron chi connectivity index (χ3n) is 12.4. The van der Waals surface area contributed by atoms with Gasteiger partial charge in [-0.25, -0.2) is 15.0 Å². The van der Waals surface area contributed by atoms with Crippen LogP contribution in [0, 0.1) is 0 Å². The van der Waals surface area contributed by atoms with E-state index >= 15 is 0 Å². The van der Waals surface area contributed by atoms with Crippen LogP contribution in [-0.4, -0.2) is 19.5 Å². The van der Waals surface area contributed by atoms with E-state index in [2.05, 4.69) is 205 Å². The average Bonchev–Trinajstić information content (AvgIpc) is 3.86. The van der Waals surface area contributed by atoms with Gasteiger partial charge >= 0.3 is 0 Å². The smallest absolute Gasteiger partial charge is 0.166 e. The van der Waals surface area contributed by atoms with Gasteiger partial charge in [0, 0.05) is 38.2 Å². The standard InChI is InChI=1S/C57H34N4O/c1-2-12-35(13-3-1)37-22-25-38(26-23-37)55-58-56(44-27-24-36-14-4-5-15-39(36)30-44)60-57(59-55)47-29-28-46-49-32-41-17-7-9-19-43(41)34-52(49)62-54(46)53(47)61-50-21-11-10-20-45(50)48-31-40-16-6-8-18-42(40)33-51(48)61/h1-34H. The molecule has 10 aromatic carbocycles. The zero-order valence-electron chi connectivity index (χ0n) is 33.3. The highest BCUT2D eigenvalue weighted by atomic mass is 16.3. The van der Waals surface area contributed by atoms with Crippen LogP contribution in [0.1, 0.15) is 0 Å². The number of fused-ring (bicyclic) bond motifs is 9. The Morgan fingerprint density at radius 3 is 1.63 bits per heavy atom. The molecule has 0 saturated heterocycles. The van der Waals surface area contributed by atoms with Crippen LogP contribution in [0.15, 0.2) is 211 Å². The van der Waals surface area contributed by atoms with E-state index in [-0.39, 0.29) is 0 Å². The monoisotopic (exact) mass is 790 g/mol. The second kappa shape index (κ2) is 13.6. The fourth-order valence-corrected chi connectivity index (χ4v) is 9.33. The number of nitrogens with zero attached hydrogens (tertiary/aromatic N) is 4. The van der Waals surface area contributed by atoms with Gasteiger partial charge in [-0.1, -0.05) is 158 Å². The van der Waals surface area contributed by atoms with Crippen molar-refractivity contribution < 1.29 is 4.42 Å². The van der Waals surface area contributed by atoms with Crippen molar-refractivity contribution in [2.45, 2.75) is 0 Å². The molecule has 0 spiro atoms. The molecule has 0 N–H and O–H groups in total. The Hall–Kier alpha value is -8.41. The van der Waals surface area contributed by atoms with E-state index in [1.54, 1.807) is 0 Å². The Morgan fingerprint density at radius 1 is 0.323 bits per heavy atom. The molecular formula is C57H34N4O. The second-order valence-electron chi connectivity index (χ2n) is 16.0. The zero-order valence-corrected chi connectivity index (χ0v) is 33.3. The van der Waals surface area contributed by atoms with E-state index in [1.807, 2.05) is 6.07 Å². The molecule has 0 bridgehead atoms. The average molecular weight is 791 g/mol. The minimum Gasteiger partial charge on any atom is -0.454 e. The van der Waals surface area contributed by atoms with Crippen molar-refractivity contribution in [1.82, 2.24) is 19.5 Å². The number of benzene rings is 10. The highest BCUT2D eigenvalue weighted by Crippen LogP contribution is 2.44. The molecule has 0 amide bonds. The summed E-state index contributed by atoms with van der Waals surface area (Å²) >= 11 is 0. The summed E-state index contributed by atoms with van der Waals surface area (Å²) < 4.78 is 9.47. The quantitative estimate of drug-likeness (QED) is 0.174. The molecule has 288 valence electrons. The van der Waals surface area contributed by atoms with Crippen LogP contribution in [0.25, 0.3) is 127 Å². The van der Waals surface area contributed by atoms with Crippen LogP contribution < -0.4 is 0 Å². The van der Waals surface area contributed by atoms with Crippen molar-refractivity contribution in [3.05, 3.63) is 206 Å². The second-order valence-corrected chi connectivity index (χ2v) is 16.0. The molecule has 13 aromatic rings. The molecule has 5 nitrogen and oxygen atoms in total. The molecule has 3 heterocycles. The summed E-state index contributed by atoms with van der Waals surface area (Å²) in [5, 5.41) is 11.3. The largest absolute Gasteiger partial charge is 0.454 e. The van der Waals surface area contributed by atoms with Crippen molar-refractivity contribution in [2.24, 2.45) is 0 Å². The number of aromatic nitrogens is 4. The molecule has 0 fully saturated rings. The van der Waals surface area contributed by atoms with E-state index in [4.69, 9.17) is 19.4 Å². The van der Waals surface area contributed by atoms with Crippen molar-refractivity contribution in [3.63, 3.8) is 0 Å². The first-order valence-corrected chi connectivity index (χ1v) is 20.9. The molecule has 0 aliphatic heterocycles. The SMILES string of the molecule is c1ccc(-c2ccc(-c3nc(-c4ccc5ccccc5c4)nc(-c4ccc5c(oc6cc7ccccc7cc65)c4-n4c5ccccc5c5cc6ccccc6cc54)n3)cc2)cc1. The summed E-state index contributed by atoms with van der Waals surface area (Å²) in [5.41, 5.74) is 9.55. The molecule has 0 aliphatic carbocycles. The Bertz CT molecular complexity index is 3920. The lowest BCUT2D eigenvalue weighted by molar-refractivity contribution is 0.667. The predicted molar refractivity (Wildman–Crippen MR) is 256 cm³/mol. The zero-order chi connectivity index (χ0) is 40.7. The summed E-state index contributed by atoms with van der Waals surface area (Å²) in [4.78, 5) is 16.0. The molecule has 0 unspecified atom stereocenters. The van der Waals surface area contributed by atoms with E-state index in [0.29, 0.717) is 17.5 Å². The first kappa shape index (κ1) is 34.5. The molecule has 0 radical (unpaired) electrons. The summed E-state index contributed by atoms with van der Waals surface area (Å²) in [6.07, 6.45) is 0. The predicted octanol–water partition coefficient (Wildman–Crippen LogP) is 15.0. The van der Waals surface area contributed by atoms with Crippen LogP contribution in [0.4, 0.5) is 0 Å². The van der Waals surface area contributed by atoms with Gasteiger partial charge in [-0.15, -0.1) is 0 Å². The van der Waals surface area contributed by atoms with Crippen molar-refractivity contribution in [2.75, 3.05) is 0 Å². The Morgan fingerprint density at radius 2 is 0.871 bits per heavy atom. The third-order valence-corrected chi connectivity index (χ3v) is 12.4. The molecule has 13 rings (SSSR count). The molecule has 62 heavy (non-hydrogen) atoms. The van der Waals surface area contributed by atoms with Gasteiger partial charge < -0.3 is 8.98 Å². The molecular weight excluding hydrogens is 757 g/mol. The number of hydrogen-bond acceptors (Lipinski definition) is 4. The summed E-state index contributed by atoms with van der Waals surface area (Å²) in [5.74, 6) is 1.74. The van der Waals surface area contributed by atoms with Gasteiger partial charge in [0.05, 0.1) is 11.0 Å². The number of para-hydroxylation sites is 1. The maximum Gasteiger partial charge on any atom is 0.166 e. The highest BCUT2D eigenvalue weighted by Gasteiger charge is 2.25. The van der Waals surface area contributed by atoms with Crippen LogP contribution in [0.5, 0.6) is 0 Å². The van der Waals surface area contributed by atoms with E-state index in [0.717, 1.165) is 104 Å². The maximum absolute atomic E-state index is 7.10. The van der Waals surface area contributed by atoms with Gasteiger partial charge in [-0.3, -0.25) is 0 Å². The first-order chi connectivity index (χ1) is 30.7. The van der Waals surface area contributed by atoms with Crippen molar-refractivity contribution in [3.8, 4) is 51.0 Å². The van der Waals surface area contributed by atoms with Gasteiger partial charge in [0.25, 0.3) is 0 Å². The molecule has 5 heteroatoms. The Kier molecular flexibility index (Phi) is 7.54. The fourth-order valence-electron chi connectivity index (χ4n) is 9.33. The number of rotatable bonds is 5. The van der Waals surface area contributed by atoms with Crippen LogP contribution >= 0.6 is 0 Å². The van der Waals surface area contributed by atoms with E-state index < -0.39 is 0 Å². The lowest BCUT2D eigenvalue weighted by Gasteiger charge is -2.15. The Labute approximate surface area is 355 Å². The maximum atomic E-state index is 7.10. The van der Waals surface area contributed by atoms with Gasteiger partial charge in [0.15, 0.2) is 23.1 Å². The number of furan rings is 1. The number of hydrogen-bond donors (Lipinski definition) is 0. The van der Waals surface area contributed by atoms with E-state index in [9.17, 15) is 0 Å². The topological polar surface area (TPSA) is 56.7 Å². The minimum absolute atomic E-state index is 0.555. The lowest BCUT2D eigenvalue weighted by Crippen LogP contribution is -2.04. The van der Waals surface area contributed by atoms with E-state index in [1.165, 1.54) is 5.39 Å². The van der Waals surface area contributed by atoms with Crippen LogP contribution in [0.2, 0.25) is 0 Å². The summed E-state index contributed by atoms with van der Waals surface area (Å²) in [6, 6.07) is 72.8. The van der Waals surface area contributed by atoms with Crippen molar-refractivity contribution in [1.29, 1.82) is 0 Å².